The Morgan fingerprint density at radius 1 is 1.38 bits per heavy atom. The van der Waals surface area contributed by atoms with Gasteiger partial charge in [0.1, 0.15) is 0 Å². The molecule has 1 fully saturated rings. The molecule has 2 amide bonds. The monoisotopic (exact) mass is 291 g/mol. The van der Waals surface area contributed by atoms with Crippen LogP contribution in [-0.2, 0) is 9.53 Å². The number of hydrogen-bond donors (Lipinski definition) is 3. The van der Waals surface area contributed by atoms with Crippen LogP contribution in [0.3, 0.4) is 0 Å². The maximum absolute atomic E-state index is 11.8. The molecule has 21 heavy (non-hydrogen) atoms. The van der Waals surface area contributed by atoms with Crippen LogP contribution in [0.15, 0.2) is 24.3 Å². The van der Waals surface area contributed by atoms with Gasteiger partial charge in [-0.1, -0.05) is 0 Å². The van der Waals surface area contributed by atoms with Crippen molar-refractivity contribution in [3.05, 3.63) is 29.8 Å². The number of hydrogen-bond acceptors (Lipinski definition) is 4. The summed E-state index contributed by atoms with van der Waals surface area (Å²) in [6.45, 7) is 2.61. The fraction of sp³-hybridized carbons (Fsp3) is 0.467. The third kappa shape index (κ3) is 4.46. The quantitative estimate of drug-likeness (QED) is 0.696. The topological polar surface area (TPSA) is 93.5 Å². The van der Waals surface area contributed by atoms with Gasteiger partial charge in [0.2, 0.25) is 5.91 Å². The second-order valence-corrected chi connectivity index (χ2v) is 5.21. The summed E-state index contributed by atoms with van der Waals surface area (Å²) in [6.07, 6.45) is 2.06. The third-order valence-corrected chi connectivity index (χ3v) is 3.49. The van der Waals surface area contributed by atoms with Crippen molar-refractivity contribution < 1.29 is 14.3 Å². The standard InChI is InChI=1S/C15H21N3O3/c1-10(13-3-2-8-21-13)18-14(19)9-17-15(20)11-4-6-12(16)7-5-11/h4-7,10,13H,2-3,8-9,16H2,1H3,(H,17,20)(H,18,19). The Hall–Kier alpha value is -2.08. The van der Waals surface area contributed by atoms with Crippen LogP contribution in [0.4, 0.5) is 5.69 Å². The summed E-state index contributed by atoms with van der Waals surface area (Å²) in [5, 5.41) is 5.42. The van der Waals surface area contributed by atoms with Gasteiger partial charge in [0.05, 0.1) is 18.7 Å². The van der Waals surface area contributed by atoms with E-state index < -0.39 is 0 Å². The molecule has 0 aromatic heterocycles. The Bertz CT molecular complexity index is 495. The number of ether oxygens (including phenoxy) is 1. The highest BCUT2D eigenvalue weighted by atomic mass is 16.5. The molecule has 6 nitrogen and oxygen atoms in total. The molecule has 1 saturated heterocycles. The molecule has 1 aliphatic heterocycles. The van der Waals surface area contributed by atoms with Gasteiger partial charge in [-0.25, -0.2) is 0 Å². The minimum Gasteiger partial charge on any atom is -0.399 e. The number of rotatable bonds is 5. The largest absolute Gasteiger partial charge is 0.399 e. The van der Waals surface area contributed by atoms with Crippen molar-refractivity contribution in [1.82, 2.24) is 10.6 Å². The summed E-state index contributed by atoms with van der Waals surface area (Å²) in [7, 11) is 0. The molecule has 0 bridgehead atoms. The number of nitrogen functional groups attached to an aromatic ring is 1. The lowest BCUT2D eigenvalue weighted by molar-refractivity contribution is -0.121. The highest BCUT2D eigenvalue weighted by Gasteiger charge is 2.23. The number of nitrogens with one attached hydrogen (secondary N) is 2. The maximum atomic E-state index is 11.8. The summed E-state index contributed by atoms with van der Waals surface area (Å²) in [5.74, 6) is -0.517. The number of carbonyl (C=O) groups is 2. The van der Waals surface area contributed by atoms with Gasteiger partial charge in [0.25, 0.3) is 5.91 Å². The Balaban J connectivity index is 1.75. The van der Waals surface area contributed by atoms with Crippen LogP contribution in [0, 0.1) is 0 Å². The zero-order chi connectivity index (χ0) is 15.2. The first-order valence-corrected chi connectivity index (χ1v) is 7.11. The average Bonchev–Trinajstić information content (AvgIpc) is 3.00. The molecule has 1 heterocycles. The van der Waals surface area contributed by atoms with Crippen molar-refractivity contribution in [3.8, 4) is 0 Å². The van der Waals surface area contributed by atoms with Crippen molar-refractivity contribution in [2.45, 2.75) is 31.9 Å². The first-order valence-electron chi connectivity index (χ1n) is 7.11. The Kier molecular flexibility index (Phi) is 5.16. The number of carbonyl (C=O) groups excluding carboxylic acids is 2. The number of amides is 2. The van der Waals surface area contributed by atoms with E-state index in [9.17, 15) is 9.59 Å². The van der Waals surface area contributed by atoms with Crippen molar-refractivity contribution in [1.29, 1.82) is 0 Å². The molecule has 1 aliphatic rings. The van der Waals surface area contributed by atoms with E-state index in [1.807, 2.05) is 6.92 Å². The van der Waals surface area contributed by atoms with Crippen molar-refractivity contribution in [2.75, 3.05) is 18.9 Å². The molecular weight excluding hydrogens is 270 g/mol. The smallest absolute Gasteiger partial charge is 0.251 e. The minimum atomic E-state index is -0.296. The first kappa shape index (κ1) is 15.3. The van der Waals surface area contributed by atoms with Gasteiger partial charge in [0.15, 0.2) is 0 Å². The lowest BCUT2D eigenvalue weighted by atomic mass is 10.1. The van der Waals surface area contributed by atoms with E-state index in [-0.39, 0.29) is 30.5 Å². The molecule has 1 aromatic rings. The molecule has 0 radical (unpaired) electrons. The first-order chi connectivity index (χ1) is 10.1. The maximum Gasteiger partial charge on any atom is 0.251 e. The SMILES string of the molecule is CC(NC(=O)CNC(=O)c1ccc(N)cc1)C1CCCO1. The molecule has 2 atom stereocenters. The number of benzene rings is 1. The molecule has 0 saturated carbocycles. The predicted molar refractivity (Wildman–Crippen MR) is 79.8 cm³/mol. The van der Waals surface area contributed by atoms with Crippen LogP contribution < -0.4 is 16.4 Å². The minimum absolute atomic E-state index is 0.0478. The highest BCUT2D eigenvalue weighted by Crippen LogP contribution is 2.15. The molecule has 114 valence electrons. The van der Waals surface area contributed by atoms with E-state index in [1.54, 1.807) is 24.3 Å². The van der Waals surface area contributed by atoms with Crippen molar-refractivity contribution in [3.63, 3.8) is 0 Å². The lowest BCUT2D eigenvalue weighted by Crippen LogP contribution is -2.45. The van der Waals surface area contributed by atoms with Crippen LogP contribution in [0.25, 0.3) is 0 Å². The van der Waals surface area contributed by atoms with E-state index in [2.05, 4.69) is 10.6 Å². The lowest BCUT2D eigenvalue weighted by Gasteiger charge is -2.20. The van der Waals surface area contributed by atoms with Crippen LogP contribution in [0.1, 0.15) is 30.1 Å². The highest BCUT2D eigenvalue weighted by molar-refractivity contribution is 5.96. The molecule has 0 spiro atoms. The van der Waals surface area contributed by atoms with Gasteiger partial charge in [-0.3, -0.25) is 9.59 Å². The second kappa shape index (κ2) is 7.08. The Labute approximate surface area is 124 Å². The molecule has 0 aliphatic carbocycles. The van der Waals surface area contributed by atoms with Gasteiger partial charge < -0.3 is 21.1 Å². The zero-order valence-corrected chi connectivity index (χ0v) is 12.1. The summed E-state index contributed by atoms with van der Waals surface area (Å²) < 4.78 is 5.51. The molecular formula is C15H21N3O3. The molecule has 6 heteroatoms. The Morgan fingerprint density at radius 3 is 2.71 bits per heavy atom. The van der Waals surface area contributed by atoms with E-state index >= 15 is 0 Å². The van der Waals surface area contributed by atoms with E-state index in [0.29, 0.717) is 11.3 Å². The zero-order valence-electron chi connectivity index (χ0n) is 12.1. The van der Waals surface area contributed by atoms with E-state index in [0.717, 1.165) is 19.4 Å². The molecule has 1 aromatic carbocycles. The van der Waals surface area contributed by atoms with Crippen molar-refractivity contribution in [2.24, 2.45) is 0 Å². The Morgan fingerprint density at radius 2 is 2.10 bits per heavy atom. The van der Waals surface area contributed by atoms with Gasteiger partial charge in [-0.15, -0.1) is 0 Å². The van der Waals surface area contributed by atoms with Crippen LogP contribution in [0.5, 0.6) is 0 Å². The van der Waals surface area contributed by atoms with Gasteiger partial charge in [-0.05, 0) is 44.0 Å². The average molecular weight is 291 g/mol. The van der Waals surface area contributed by atoms with Crippen LogP contribution in [0.2, 0.25) is 0 Å². The second-order valence-electron chi connectivity index (χ2n) is 5.21. The normalized spacial score (nSPS) is 19.0. The van der Waals surface area contributed by atoms with E-state index in [4.69, 9.17) is 10.5 Å². The van der Waals surface area contributed by atoms with Gasteiger partial charge in [-0.2, -0.15) is 0 Å². The van der Waals surface area contributed by atoms with E-state index in [1.165, 1.54) is 0 Å². The fourth-order valence-electron chi connectivity index (χ4n) is 2.29. The third-order valence-electron chi connectivity index (χ3n) is 3.49. The summed E-state index contributed by atoms with van der Waals surface area (Å²) in [4.78, 5) is 23.6. The molecule has 2 unspecified atom stereocenters. The van der Waals surface area contributed by atoms with Crippen molar-refractivity contribution >= 4 is 17.5 Å². The van der Waals surface area contributed by atoms with Crippen LogP contribution in [-0.4, -0.2) is 37.1 Å². The number of nitrogens with two attached hydrogens (primary N) is 1. The summed E-state index contributed by atoms with van der Waals surface area (Å²) in [5.41, 5.74) is 6.62. The van der Waals surface area contributed by atoms with Crippen LogP contribution >= 0.6 is 0 Å². The number of anilines is 1. The summed E-state index contributed by atoms with van der Waals surface area (Å²) in [6, 6.07) is 6.49. The molecule has 4 N–H and O–H groups in total. The molecule has 2 rings (SSSR count). The summed E-state index contributed by atoms with van der Waals surface area (Å²) >= 11 is 0. The fourth-order valence-corrected chi connectivity index (χ4v) is 2.29. The van der Waals surface area contributed by atoms with Gasteiger partial charge >= 0.3 is 0 Å². The predicted octanol–water partition coefficient (Wildman–Crippen LogP) is 0.682. The van der Waals surface area contributed by atoms with Gasteiger partial charge in [0, 0.05) is 17.9 Å².